The molecular formula is C25H18F7N3O4. The molecule has 0 radical (unpaired) electrons. The summed E-state index contributed by atoms with van der Waals surface area (Å²) in [4.78, 5) is 30.9. The lowest BCUT2D eigenvalue weighted by atomic mass is 9.92. The number of carbonyl (C=O) groups is 2. The molecule has 206 valence electrons. The van der Waals surface area contributed by atoms with Gasteiger partial charge in [-0.25, -0.2) is 22.5 Å². The minimum absolute atomic E-state index is 0.150. The smallest absolute Gasteiger partial charge is 0.497 e. The van der Waals surface area contributed by atoms with Gasteiger partial charge < -0.3 is 14.8 Å². The Labute approximate surface area is 216 Å². The van der Waals surface area contributed by atoms with Crippen LogP contribution in [-0.2, 0) is 4.79 Å². The first-order valence-electron chi connectivity index (χ1n) is 11.1. The molecule has 2 heterocycles. The number of benzene rings is 2. The van der Waals surface area contributed by atoms with E-state index >= 15 is 8.78 Å². The van der Waals surface area contributed by atoms with Crippen LogP contribution in [-0.4, -0.2) is 42.9 Å². The molecular weight excluding hydrogens is 539 g/mol. The van der Waals surface area contributed by atoms with Crippen molar-refractivity contribution in [1.82, 2.24) is 10.3 Å². The van der Waals surface area contributed by atoms with Gasteiger partial charge in [-0.3, -0.25) is 14.5 Å². The zero-order valence-electron chi connectivity index (χ0n) is 19.8. The van der Waals surface area contributed by atoms with E-state index in [1.165, 1.54) is 19.2 Å². The monoisotopic (exact) mass is 557 g/mol. The highest BCUT2D eigenvalue weighted by molar-refractivity contribution is 6.04. The number of halogens is 7. The van der Waals surface area contributed by atoms with Crippen molar-refractivity contribution >= 4 is 17.6 Å². The second-order valence-electron chi connectivity index (χ2n) is 8.30. The molecule has 1 aromatic heterocycles. The fraction of sp³-hybridized carbons (Fsp3) is 0.240. The maximum Gasteiger partial charge on any atom is 0.573 e. The summed E-state index contributed by atoms with van der Waals surface area (Å²) < 4.78 is 102. The number of hydrogen-bond donors (Lipinski definition) is 1. The van der Waals surface area contributed by atoms with E-state index in [4.69, 9.17) is 4.74 Å². The second kappa shape index (κ2) is 10.8. The number of anilines is 1. The molecule has 2 atom stereocenters. The van der Waals surface area contributed by atoms with Crippen LogP contribution in [0.25, 0.3) is 0 Å². The number of nitrogens with one attached hydrogen (secondary N) is 1. The lowest BCUT2D eigenvalue weighted by Gasteiger charge is -2.20. The van der Waals surface area contributed by atoms with Crippen molar-refractivity contribution in [3.05, 3.63) is 83.1 Å². The third kappa shape index (κ3) is 6.04. The number of carbonyl (C=O) groups excluding carboxylic acids is 2. The van der Waals surface area contributed by atoms with Gasteiger partial charge in [0.1, 0.15) is 40.7 Å². The van der Waals surface area contributed by atoms with Gasteiger partial charge in [-0.15, -0.1) is 13.2 Å². The van der Waals surface area contributed by atoms with Crippen molar-refractivity contribution in [1.29, 1.82) is 0 Å². The maximum atomic E-state index is 15.0. The minimum atomic E-state index is -4.96. The summed E-state index contributed by atoms with van der Waals surface area (Å²) in [6.45, 7) is -0.442. The van der Waals surface area contributed by atoms with E-state index in [0.29, 0.717) is 0 Å². The Hall–Kier alpha value is -4.36. The largest absolute Gasteiger partial charge is 0.573 e. The highest BCUT2D eigenvalue weighted by atomic mass is 19.4. The van der Waals surface area contributed by atoms with Gasteiger partial charge in [-0.2, -0.15) is 0 Å². The van der Waals surface area contributed by atoms with E-state index < -0.39 is 71.7 Å². The lowest BCUT2D eigenvalue weighted by molar-refractivity contribution is -0.274. The molecule has 0 bridgehead atoms. The summed E-state index contributed by atoms with van der Waals surface area (Å²) in [6.07, 6.45) is -7.92. The average Bonchev–Trinajstić information content (AvgIpc) is 3.18. The van der Waals surface area contributed by atoms with Gasteiger partial charge in [-0.1, -0.05) is 6.07 Å². The molecule has 1 saturated heterocycles. The van der Waals surface area contributed by atoms with E-state index in [1.807, 2.05) is 0 Å². The zero-order valence-corrected chi connectivity index (χ0v) is 19.8. The first kappa shape index (κ1) is 27.7. The van der Waals surface area contributed by atoms with Crippen LogP contribution < -0.4 is 19.7 Å². The highest BCUT2D eigenvalue weighted by Crippen LogP contribution is 2.36. The summed E-state index contributed by atoms with van der Waals surface area (Å²) in [5.41, 5.74) is -1.41. The Kier molecular flexibility index (Phi) is 7.65. The molecule has 39 heavy (non-hydrogen) atoms. The van der Waals surface area contributed by atoms with E-state index in [-0.39, 0.29) is 17.1 Å². The number of pyridine rings is 1. The van der Waals surface area contributed by atoms with Crippen LogP contribution in [0.4, 0.5) is 36.6 Å². The normalized spacial score (nSPS) is 17.5. The molecule has 1 aliphatic rings. The number of rotatable bonds is 7. The number of methoxy groups -OCH3 is 1. The zero-order chi connectivity index (χ0) is 28.5. The van der Waals surface area contributed by atoms with Gasteiger partial charge in [0.2, 0.25) is 0 Å². The van der Waals surface area contributed by atoms with Crippen LogP contribution in [0.1, 0.15) is 34.0 Å². The summed E-state index contributed by atoms with van der Waals surface area (Å²) in [5, 5.41) is 2.35. The fourth-order valence-corrected chi connectivity index (χ4v) is 4.14. The van der Waals surface area contributed by atoms with Crippen molar-refractivity contribution in [2.75, 3.05) is 18.6 Å². The van der Waals surface area contributed by atoms with Crippen molar-refractivity contribution < 1.29 is 49.8 Å². The third-order valence-electron chi connectivity index (χ3n) is 5.87. The van der Waals surface area contributed by atoms with Gasteiger partial charge in [0.05, 0.1) is 7.11 Å². The van der Waals surface area contributed by atoms with Crippen LogP contribution in [0.15, 0.2) is 54.6 Å². The molecule has 7 nitrogen and oxygen atoms in total. The number of alkyl halides is 5. The number of amides is 2. The summed E-state index contributed by atoms with van der Waals surface area (Å²) in [7, 11) is 1.18. The SMILES string of the molecule is COc1cc(F)c([C@@H]2CN(c3cccc(C(F)F)n3)C(=O)[C@H]2NC(=O)c2ccc(OC(F)(F)F)cc2)c(F)c1. The van der Waals surface area contributed by atoms with E-state index in [1.54, 1.807) is 0 Å². The standard InChI is InChI=1S/C25H18F7N3O4/c1-38-14-9-16(26)20(17(27)10-14)15-11-35(19-4-2-3-18(33-19)22(28)29)24(37)21(15)34-23(36)12-5-7-13(8-6-12)39-25(30,31)32/h2-10,15,21-22H,11H2,1H3,(H,34,36)/t15-,21-/m0/s1. The molecule has 14 heteroatoms. The van der Waals surface area contributed by atoms with Gasteiger partial charge >= 0.3 is 6.36 Å². The van der Waals surface area contributed by atoms with Crippen molar-refractivity contribution in [2.45, 2.75) is 24.7 Å². The van der Waals surface area contributed by atoms with Gasteiger partial charge in [0, 0.05) is 35.7 Å². The minimum Gasteiger partial charge on any atom is -0.497 e. The summed E-state index contributed by atoms with van der Waals surface area (Å²) in [6, 6.07) is 7.35. The predicted octanol–water partition coefficient (Wildman–Crippen LogP) is 5.13. The molecule has 1 N–H and O–H groups in total. The van der Waals surface area contributed by atoms with E-state index in [2.05, 4.69) is 15.0 Å². The van der Waals surface area contributed by atoms with E-state index in [9.17, 15) is 31.5 Å². The molecule has 2 amide bonds. The molecule has 0 unspecified atom stereocenters. The first-order valence-corrected chi connectivity index (χ1v) is 11.1. The summed E-state index contributed by atoms with van der Waals surface area (Å²) in [5.74, 6) is -6.38. The quantitative estimate of drug-likeness (QED) is 0.408. The van der Waals surface area contributed by atoms with Crippen molar-refractivity contribution in [3.8, 4) is 11.5 Å². The molecule has 0 saturated carbocycles. The first-order chi connectivity index (χ1) is 18.4. The molecule has 2 aromatic carbocycles. The molecule has 3 aromatic rings. The Morgan fingerprint density at radius 2 is 1.69 bits per heavy atom. The highest BCUT2D eigenvalue weighted by Gasteiger charge is 2.45. The number of nitrogens with zero attached hydrogens (tertiary/aromatic N) is 2. The number of hydrogen-bond acceptors (Lipinski definition) is 5. The van der Waals surface area contributed by atoms with Crippen LogP contribution in [0.3, 0.4) is 0 Å². The average molecular weight is 557 g/mol. The van der Waals surface area contributed by atoms with Gasteiger partial charge in [0.15, 0.2) is 0 Å². The number of ether oxygens (including phenoxy) is 2. The molecule has 1 aliphatic heterocycles. The van der Waals surface area contributed by atoms with E-state index in [0.717, 1.165) is 47.4 Å². The van der Waals surface area contributed by atoms with Crippen LogP contribution >= 0.6 is 0 Å². The Morgan fingerprint density at radius 1 is 1.05 bits per heavy atom. The fourth-order valence-electron chi connectivity index (χ4n) is 4.14. The number of aromatic nitrogens is 1. The molecule has 1 fully saturated rings. The molecule has 4 rings (SSSR count). The third-order valence-corrected chi connectivity index (χ3v) is 5.87. The van der Waals surface area contributed by atoms with Gasteiger partial charge in [0.25, 0.3) is 18.2 Å². The van der Waals surface area contributed by atoms with Crippen LogP contribution in [0.2, 0.25) is 0 Å². The van der Waals surface area contributed by atoms with Crippen molar-refractivity contribution in [2.24, 2.45) is 0 Å². The van der Waals surface area contributed by atoms with Crippen LogP contribution in [0, 0.1) is 11.6 Å². The predicted molar refractivity (Wildman–Crippen MR) is 122 cm³/mol. The Balaban J connectivity index is 1.68. The lowest BCUT2D eigenvalue weighted by Crippen LogP contribution is -2.44. The van der Waals surface area contributed by atoms with Crippen LogP contribution in [0.5, 0.6) is 11.5 Å². The Bertz CT molecular complexity index is 1360. The maximum absolute atomic E-state index is 15.0. The summed E-state index contributed by atoms with van der Waals surface area (Å²) >= 11 is 0. The molecule has 0 aliphatic carbocycles. The van der Waals surface area contributed by atoms with Crippen molar-refractivity contribution in [3.63, 3.8) is 0 Å². The van der Waals surface area contributed by atoms with Gasteiger partial charge in [-0.05, 0) is 36.4 Å². The second-order valence-corrected chi connectivity index (χ2v) is 8.30. The molecule has 0 spiro atoms. The topological polar surface area (TPSA) is 80.8 Å². The Morgan fingerprint density at radius 3 is 2.26 bits per heavy atom.